The first kappa shape index (κ1) is 16.2. The topological polar surface area (TPSA) is 42.3 Å². The Balaban J connectivity index is 1.56. The zero-order valence-corrected chi connectivity index (χ0v) is 15.7. The Morgan fingerprint density at radius 1 is 1.19 bits per heavy atom. The molecule has 5 rings (SSSR count). The molecule has 2 aliphatic heterocycles. The molecule has 1 aromatic carbocycles. The molecule has 2 fully saturated rings. The van der Waals surface area contributed by atoms with E-state index in [1.54, 1.807) is 0 Å². The Morgan fingerprint density at radius 2 is 2.04 bits per heavy atom. The molecular weight excluding hydrogens is 324 g/mol. The largest absolute Gasteiger partial charge is 0.489 e. The van der Waals surface area contributed by atoms with Gasteiger partial charge in [0.15, 0.2) is 0 Å². The standard InChI is InChI=1S/C21H28N4O/c1-14-6-7-19-20(24(14)2)9-8-18(21(19)26-17-4-3-5-17)15-10-23-25(13-15)16-11-22-12-16/h8-10,13-14,16-17,22H,3-7,11-12H2,1-2H3. The van der Waals surface area contributed by atoms with Gasteiger partial charge in [-0.05, 0) is 51.2 Å². The molecule has 1 atom stereocenters. The lowest BCUT2D eigenvalue weighted by Crippen LogP contribution is -2.43. The van der Waals surface area contributed by atoms with Gasteiger partial charge < -0.3 is 15.0 Å². The maximum Gasteiger partial charge on any atom is 0.132 e. The van der Waals surface area contributed by atoms with Crippen molar-refractivity contribution in [3.05, 3.63) is 30.1 Å². The van der Waals surface area contributed by atoms with Crippen LogP contribution in [0, 0.1) is 0 Å². The van der Waals surface area contributed by atoms with Gasteiger partial charge in [-0.2, -0.15) is 5.10 Å². The summed E-state index contributed by atoms with van der Waals surface area (Å²) in [5.41, 5.74) is 5.10. The zero-order chi connectivity index (χ0) is 17.7. The van der Waals surface area contributed by atoms with E-state index in [1.165, 1.54) is 48.1 Å². The highest BCUT2D eigenvalue weighted by atomic mass is 16.5. The van der Waals surface area contributed by atoms with Crippen LogP contribution >= 0.6 is 0 Å². The van der Waals surface area contributed by atoms with E-state index in [-0.39, 0.29) is 0 Å². The fraction of sp³-hybridized carbons (Fsp3) is 0.571. The van der Waals surface area contributed by atoms with E-state index in [2.05, 4.69) is 52.3 Å². The van der Waals surface area contributed by atoms with Crippen LogP contribution < -0.4 is 15.0 Å². The van der Waals surface area contributed by atoms with Gasteiger partial charge in [0.05, 0.1) is 18.3 Å². The minimum atomic E-state index is 0.385. The molecule has 26 heavy (non-hydrogen) atoms. The molecule has 1 saturated heterocycles. The Bertz CT molecular complexity index is 806. The van der Waals surface area contributed by atoms with E-state index < -0.39 is 0 Å². The van der Waals surface area contributed by atoms with E-state index in [4.69, 9.17) is 4.74 Å². The lowest BCUT2D eigenvalue weighted by atomic mass is 9.91. The Morgan fingerprint density at radius 3 is 2.73 bits per heavy atom. The number of benzene rings is 1. The van der Waals surface area contributed by atoms with Gasteiger partial charge in [0.2, 0.25) is 0 Å². The molecule has 138 valence electrons. The number of fused-ring (bicyclic) bond motifs is 1. The van der Waals surface area contributed by atoms with Crippen LogP contribution in [0.5, 0.6) is 5.75 Å². The summed E-state index contributed by atoms with van der Waals surface area (Å²) < 4.78 is 8.66. The van der Waals surface area contributed by atoms with Gasteiger partial charge in [-0.25, -0.2) is 0 Å². The van der Waals surface area contributed by atoms with Crippen molar-refractivity contribution < 1.29 is 4.74 Å². The molecule has 1 aliphatic carbocycles. The smallest absolute Gasteiger partial charge is 0.132 e. The molecule has 0 bridgehead atoms. The van der Waals surface area contributed by atoms with E-state index in [0.29, 0.717) is 18.2 Å². The van der Waals surface area contributed by atoms with Gasteiger partial charge in [-0.3, -0.25) is 4.68 Å². The average Bonchev–Trinajstić information content (AvgIpc) is 3.01. The van der Waals surface area contributed by atoms with Crippen molar-refractivity contribution in [3.63, 3.8) is 0 Å². The van der Waals surface area contributed by atoms with Crippen molar-refractivity contribution in [2.75, 3.05) is 25.0 Å². The summed E-state index contributed by atoms with van der Waals surface area (Å²) in [5, 5.41) is 7.94. The maximum atomic E-state index is 6.55. The van der Waals surface area contributed by atoms with Gasteiger partial charge in [0.25, 0.3) is 0 Å². The van der Waals surface area contributed by atoms with Gasteiger partial charge in [-0.1, -0.05) is 0 Å². The number of nitrogens with zero attached hydrogens (tertiary/aromatic N) is 3. The van der Waals surface area contributed by atoms with Gasteiger partial charge >= 0.3 is 0 Å². The number of hydrogen-bond donors (Lipinski definition) is 1. The first-order chi connectivity index (χ1) is 12.7. The molecule has 3 heterocycles. The van der Waals surface area contributed by atoms with Crippen molar-refractivity contribution in [3.8, 4) is 16.9 Å². The van der Waals surface area contributed by atoms with Crippen molar-refractivity contribution in [1.82, 2.24) is 15.1 Å². The number of nitrogens with one attached hydrogen (secondary N) is 1. The monoisotopic (exact) mass is 352 g/mol. The van der Waals surface area contributed by atoms with E-state index in [9.17, 15) is 0 Å². The predicted molar refractivity (Wildman–Crippen MR) is 104 cm³/mol. The second-order valence-electron chi connectivity index (χ2n) is 8.13. The van der Waals surface area contributed by atoms with Crippen molar-refractivity contribution >= 4 is 5.69 Å². The van der Waals surface area contributed by atoms with Crippen LogP contribution in [-0.4, -0.2) is 42.1 Å². The van der Waals surface area contributed by atoms with Crippen LogP contribution in [-0.2, 0) is 6.42 Å². The third-order valence-corrected chi connectivity index (χ3v) is 6.47. The Labute approximate surface area is 155 Å². The number of hydrogen-bond acceptors (Lipinski definition) is 4. The Kier molecular flexibility index (Phi) is 3.92. The normalized spacial score (nSPS) is 23.3. The van der Waals surface area contributed by atoms with Gasteiger partial charge in [0, 0.05) is 54.8 Å². The van der Waals surface area contributed by atoms with Crippen LogP contribution in [0.2, 0.25) is 0 Å². The van der Waals surface area contributed by atoms with Crippen molar-refractivity contribution in [1.29, 1.82) is 0 Å². The molecule has 5 heteroatoms. The number of rotatable bonds is 4. The van der Waals surface area contributed by atoms with E-state index in [0.717, 1.165) is 25.3 Å². The minimum absolute atomic E-state index is 0.385. The van der Waals surface area contributed by atoms with Crippen LogP contribution in [0.4, 0.5) is 5.69 Å². The third kappa shape index (κ3) is 2.60. The summed E-state index contributed by atoms with van der Waals surface area (Å²) in [7, 11) is 2.21. The molecule has 2 aromatic rings. The van der Waals surface area contributed by atoms with Crippen LogP contribution in [0.25, 0.3) is 11.1 Å². The van der Waals surface area contributed by atoms with Gasteiger partial charge in [-0.15, -0.1) is 0 Å². The molecule has 0 radical (unpaired) electrons. The highest BCUT2D eigenvalue weighted by Crippen LogP contribution is 2.44. The second-order valence-corrected chi connectivity index (χ2v) is 8.13. The average molecular weight is 352 g/mol. The zero-order valence-electron chi connectivity index (χ0n) is 15.7. The summed E-state index contributed by atoms with van der Waals surface area (Å²) in [5.74, 6) is 1.11. The number of ether oxygens (including phenoxy) is 1. The maximum absolute atomic E-state index is 6.55. The van der Waals surface area contributed by atoms with Crippen molar-refractivity contribution in [2.24, 2.45) is 0 Å². The SMILES string of the molecule is CC1CCc2c(ccc(-c3cnn(C4CNC4)c3)c2OC2CCC2)N1C. The van der Waals surface area contributed by atoms with Crippen LogP contribution in [0.3, 0.4) is 0 Å². The quantitative estimate of drug-likeness (QED) is 0.916. The van der Waals surface area contributed by atoms with Crippen LogP contribution in [0.15, 0.2) is 24.5 Å². The summed E-state index contributed by atoms with van der Waals surface area (Å²) in [6.07, 6.45) is 10.5. The van der Waals surface area contributed by atoms with Gasteiger partial charge in [0.1, 0.15) is 5.75 Å². The van der Waals surface area contributed by atoms with Crippen LogP contribution in [0.1, 0.15) is 44.2 Å². The number of aromatic nitrogens is 2. The first-order valence-corrected chi connectivity index (χ1v) is 10.0. The fourth-order valence-corrected chi connectivity index (χ4v) is 4.13. The van der Waals surface area contributed by atoms with Crippen molar-refractivity contribution in [2.45, 2.75) is 57.2 Å². The summed E-state index contributed by atoms with van der Waals surface area (Å²) in [6, 6.07) is 5.58. The lowest BCUT2D eigenvalue weighted by molar-refractivity contribution is 0.119. The second kappa shape index (κ2) is 6.31. The summed E-state index contributed by atoms with van der Waals surface area (Å²) >= 11 is 0. The molecule has 1 unspecified atom stereocenters. The molecule has 0 spiro atoms. The molecular formula is C21H28N4O. The molecule has 3 aliphatic rings. The lowest BCUT2D eigenvalue weighted by Gasteiger charge is -2.37. The summed E-state index contributed by atoms with van der Waals surface area (Å²) in [4.78, 5) is 2.40. The summed E-state index contributed by atoms with van der Waals surface area (Å²) in [6.45, 7) is 4.33. The fourth-order valence-electron chi connectivity index (χ4n) is 4.13. The third-order valence-electron chi connectivity index (χ3n) is 6.47. The highest BCUT2D eigenvalue weighted by Gasteiger charge is 2.29. The molecule has 0 amide bonds. The molecule has 1 aromatic heterocycles. The molecule has 1 N–H and O–H groups in total. The molecule has 1 saturated carbocycles. The highest BCUT2D eigenvalue weighted by molar-refractivity contribution is 5.77. The first-order valence-electron chi connectivity index (χ1n) is 10.0. The minimum Gasteiger partial charge on any atom is -0.489 e. The predicted octanol–water partition coefficient (Wildman–Crippen LogP) is 3.40. The van der Waals surface area contributed by atoms with E-state index >= 15 is 0 Å². The van der Waals surface area contributed by atoms with E-state index in [1.807, 2.05) is 6.20 Å². The Hall–Kier alpha value is -2.01. The number of anilines is 1. The molecule has 5 nitrogen and oxygen atoms in total.